The number of aryl methyl sites for hydroxylation is 1. The van der Waals surface area contributed by atoms with E-state index < -0.39 is 5.60 Å². The Hall–Kier alpha value is -1.55. The van der Waals surface area contributed by atoms with Crippen LogP contribution < -0.4 is 0 Å². The SMILES string of the molecule is CC(=O)OC=C1C[C@H](C)[C@](O)(CCc2ccoc2)[C@@]2(C)CCCC(C)(C)[C@@H]12. The van der Waals surface area contributed by atoms with E-state index in [4.69, 9.17) is 9.15 Å². The fourth-order valence-corrected chi connectivity index (χ4v) is 6.22. The lowest BCUT2D eigenvalue weighted by molar-refractivity contribution is -0.194. The third kappa shape index (κ3) is 3.49. The van der Waals surface area contributed by atoms with Crippen LogP contribution in [0.2, 0.25) is 0 Å². The monoisotopic (exact) mass is 374 g/mol. The molecule has 0 aliphatic heterocycles. The van der Waals surface area contributed by atoms with E-state index in [1.165, 1.54) is 12.5 Å². The summed E-state index contributed by atoms with van der Waals surface area (Å²) >= 11 is 0. The second-order valence-corrected chi connectivity index (χ2v) is 9.66. The minimum Gasteiger partial charge on any atom is -0.472 e. The number of carbonyl (C=O) groups is 1. The second-order valence-electron chi connectivity index (χ2n) is 9.66. The first-order valence-corrected chi connectivity index (χ1v) is 10.2. The molecule has 4 heteroatoms. The van der Waals surface area contributed by atoms with Crippen LogP contribution in [0.3, 0.4) is 0 Å². The van der Waals surface area contributed by atoms with Gasteiger partial charge in [-0.05, 0) is 66.6 Å². The van der Waals surface area contributed by atoms with Gasteiger partial charge in [0.1, 0.15) is 0 Å². The molecule has 2 aliphatic carbocycles. The molecule has 0 spiro atoms. The number of esters is 1. The molecule has 2 fully saturated rings. The number of hydrogen-bond acceptors (Lipinski definition) is 4. The van der Waals surface area contributed by atoms with Crippen LogP contribution in [0.5, 0.6) is 0 Å². The number of ether oxygens (including phenoxy) is 1. The van der Waals surface area contributed by atoms with E-state index in [1.54, 1.807) is 18.8 Å². The van der Waals surface area contributed by atoms with Gasteiger partial charge in [-0.1, -0.05) is 34.1 Å². The van der Waals surface area contributed by atoms with E-state index in [0.717, 1.165) is 44.1 Å². The van der Waals surface area contributed by atoms with Crippen LogP contribution in [-0.4, -0.2) is 16.7 Å². The number of fused-ring (bicyclic) bond motifs is 1. The predicted octanol–water partition coefficient (Wildman–Crippen LogP) is 5.26. The highest BCUT2D eigenvalue weighted by Crippen LogP contribution is 2.65. The summed E-state index contributed by atoms with van der Waals surface area (Å²) in [6.45, 7) is 10.4. The number of aliphatic hydroxyl groups is 1. The van der Waals surface area contributed by atoms with Gasteiger partial charge in [-0.3, -0.25) is 4.79 Å². The molecule has 0 radical (unpaired) electrons. The Balaban J connectivity index is 1.98. The molecule has 0 bridgehead atoms. The lowest BCUT2D eigenvalue weighted by Crippen LogP contribution is -2.63. The molecule has 3 rings (SSSR count). The molecule has 0 saturated heterocycles. The molecule has 1 aromatic rings. The zero-order valence-corrected chi connectivity index (χ0v) is 17.4. The summed E-state index contributed by atoms with van der Waals surface area (Å²) in [7, 11) is 0. The molecule has 27 heavy (non-hydrogen) atoms. The highest BCUT2D eigenvalue weighted by molar-refractivity contribution is 5.66. The van der Waals surface area contributed by atoms with Crippen LogP contribution in [0.15, 0.2) is 34.8 Å². The molecular formula is C23H34O4. The Kier molecular flexibility index (Phi) is 5.33. The lowest BCUT2D eigenvalue weighted by Gasteiger charge is -2.63. The van der Waals surface area contributed by atoms with Gasteiger partial charge in [0.2, 0.25) is 0 Å². The van der Waals surface area contributed by atoms with Crippen molar-refractivity contribution in [3.05, 3.63) is 36.0 Å². The first kappa shape index (κ1) is 20.2. The quantitative estimate of drug-likeness (QED) is 0.577. The maximum absolute atomic E-state index is 12.1. The minimum atomic E-state index is -0.764. The normalized spacial score (nSPS) is 37.0. The summed E-state index contributed by atoms with van der Waals surface area (Å²) in [6.07, 6.45) is 10.7. The first-order chi connectivity index (χ1) is 12.6. The van der Waals surface area contributed by atoms with Crippen molar-refractivity contribution in [1.29, 1.82) is 0 Å². The van der Waals surface area contributed by atoms with Crippen LogP contribution in [-0.2, 0) is 16.0 Å². The fourth-order valence-electron chi connectivity index (χ4n) is 6.22. The van der Waals surface area contributed by atoms with Gasteiger partial charge in [0.05, 0.1) is 24.4 Å². The smallest absolute Gasteiger partial charge is 0.307 e. The summed E-state index contributed by atoms with van der Waals surface area (Å²) in [6, 6.07) is 1.98. The van der Waals surface area contributed by atoms with Crippen molar-refractivity contribution in [3.8, 4) is 0 Å². The van der Waals surface area contributed by atoms with E-state index in [-0.39, 0.29) is 28.6 Å². The van der Waals surface area contributed by atoms with E-state index in [2.05, 4.69) is 27.7 Å². The first-order valence-electron chi connectivity index (χ1n) is 10.2. The van der Waals surface area contributed by atoms with Gasteiger partial charge in [-0.15, -0.1) is 0 Å². The molecule has 4 atom stereocenters. The van der Waals surface area contributed by atoms with E-state index in [9.17, 15) is 9.90 Å². The molecule has 4 nitrogen and oxygen atoms in total. The maximum atomic E-state index is 12.1. The summed E-state index contributed by atoms with van der Waals surface area (Å²) in [5.41, 5.74) is 1.36. The fraction of sp³-hybridized carbons (Fsp3) is 0.696. The number of rotatable bonds is 4. The average Bonchev–Trinajstić information content (AvgIpc) is 3.08. The Morgan fingerprint density at radius 2 is 2.11 bits per heavy atom. The number of carbonyl (C=O) groups excluding carboxylic acids is 1. The molecule has 1 heterocycles. The van der Waals surface area contributed by atoms with Crippen molar-refractivity contribution in [3.63, 3.8) is 0 Å². The van der Waals surface area contributed by atoms with Gasteiger partial charge >= 0.3 is 5.97 Å². The van der Waals surface area contributed by atoms with Crippen LogP contribution in [0, 0.1) is 22.7 Å². The second kappa shape index (κ2) is 7.12. The van der Waals surface area contributed by atoms with Gasteiger partial charge in [0.25, 0.3) is 0 Å². The Bertz CT molecular complexity index is 702. The van der Waals surface area contributed by atoms with Gasteiger partial charge in [-0.2, -0.15) is 0 Å². The predicted molar refractivity (Wildman–Crippen MR) is 105 cm³/mol. The minimum absolute atomic E-state index is 0.0583. The molecule has 2 aliphatic rings. The Labute approximate surface area is 163 Å². The molecule has 2 saturated carbocycles. The highest BCUT2D eigenvalue weighted by atomic mass is 16.5. The topological polar surface area (TPSA) is 59.7 Å². The van der Waals surface area contributed by atoms with E-state index in [1.807, 2.05) is 6.07 Å². The molecule has 1 N–H and O–H groups in total. The highest BCUT2D eigenvalue weighted by Gasteiger charge is 2.62. The van der Waals surface area contributed by atoms with Crippen molar-refractivity contribution in [2.75, 3.05) is 0 Å². The van der Waals surface area contributed by atoms with Gasteiger partial charge < -0.3 is 14.3 Å². The van der Waals surface area contributed by atoms with Crippen LogP contribution in [0.4, 0.5) is 0 Å². The molecule has 150 valence electrons. The van der Waals surface area contributed by atoms with Crippen molar-refractivity contribution < 1.29 is 19.1 Å². The molecule has 1 aromatic heterocycles. The van der Waals surface area contributed by atoms with Crippen molar-refractivity contribution in [2.24, 2.45) is 22.7 Å². The Morgan fingerprint density at radius 1 is 1.37 bits per heavy atom. The van der Waals surface area contributed by atoms with Gasteiger partial charge in [0.15, 0.2) is 0 Å². The zero-order valence-electron chi connectivity index (χ0n) is 17.4. The summed E-state index contributed by atoms with van der Waals surface area (Å²) in [5.74, 6) is 0.0104. The van der Waals surface area contributed by atoms with E-state index in [0.29, 0.717) is 0 Å². The largest absolute Gasteiger partial charge is 0.472 e. The summed E-state index contributed by atoms with van der Waals surface area (Å²) in [4.78, 5) is 11.4. The van der Waals surface area contributed by atoms with Crippen molar-refractivity contribution >= 4 is 5.97 Å². The molecule has 0 amide bonds. The summed E-state index contributed by atoms with van der Waals surface area (Å²) in [5, 5.41) is 12.1. The molecule has 0 unspecified atom stereocenters. The van der Waals surface area contributed by atoms with Crippen LogP contribution >= 0.6 is 0 Å². The zero-order chi connectivity index (χ0) is 19.9. The maximum Gasteiger partial charge on any atom is 0.307 e. The summed E-state index contributed by atoms with van der Waals surface area (Å²) < 4.78 is 10.5. The number of hydrogen-bond donors (Lipinski definition) is 1. The van der Waals surface area contributed by atoms with Crippen molar-refractivity contribution in [1.82, 2.24) is 0 Å². The van der Waals surface area contributed by atoms with E-state index >= 15 is 0 Å². The molecular weight excluding hydrogens is 340 g/mol. The molecule has 0 aromatic carbocycles. The van der Waals surface area contributed by atoms with Gasteiger partial charge in [0, 0.05) is 12.3 Å². The average molecular weight is 375 g/mol. The lowest BCUT2D eigenvalue weighted by atomic mass is 9.43. The standard InChI is InChI=1S/C23H34O4/c1-16-13-19(15-27-17(2)24)20-21(3,4)9-6-10-22(20,5)23(16,25)11-7-18-8-12-26-14-18/h8,12,14-16,20,25H,6-7,9-11,13H2,1-5H3/t16-,20+,22-,23+/m0/s1. The number of allylic oxidation sites excluding steroid dienone is 1. The van der Waals surface area contributed by atoms with Gasteiger partial charge in [-0.25, -0.2) is 0 Å². The number of furan rings is 1. The van der Waals surface area contributed by atoms with Crippen LogP contribution in [0.25, 0.3) is 0 Å². The van der Waals surface area contributed by atoms with Crippen LogP contribution in [0.1, 0.15) is 72.3 Å². The third-order valence-corrected chi connectivity index (χ3v) is 7.40. The Morgan fingerprint density at radius 3 is 2.74 bits per heavy atom. The third-order valence-electron chi connectivity index (χ3n) is 7.40. The van der Waals surface area contributed by atoms with Crippen molar-refractivity contribution in [2.45, 2.75) is 78.7 Å².